The molecule has 0 aromatic carbocycles. The van der Waals surface area contributed by atoms with E-state index in [4.69, 9.17) is 23.7 Å². The summed E-state index contributed by atoms with van der Waals surface area (Å²) >= 11 is 0. The van der Waals surface area contributed by atoms with Gasteiger partial charge in [-0.1, -0.05) is 11.8 Å². The van der Waals surface area contributed by atoms with Crippen LogP contribution in [0.25, 0.3) is 0 Å². The first-order valence-corrected chi connectivity index (χ1v) is 9.45. The standard InChI is InChI=1S/C20H30N2O5/c1(2-20-3-5-21-6-4-20)7-22-8-10-23-12-14-25-16-18-27-19-17-26-15-13-24-11-9-22/h3-6H,7-19H2. The zero-order chi connectivity index (χ0) is 18.8. The van der Waals surface area contributed by atoms with Crippen LogP contribution in [0.3, 0.4) is 0 Å². The van der Waals surface area contributed by atoms with Crippen molar-refractivity contribution in [3.63, 3.8) is 0 Å². The number of hydrogen-bond acceptors (Lipinski definition) is 7. The van der Waals surface area contributed by atoms with E-state index in [2.05, 4.69) is 21.7 Å². The Bertz CT molecular complexity index is 514. The largest absolute Gasteiger partial charge is 0.378 e. The van der Waals surface area contributed by atoms with E-state index in [1.54, 1.807) is 12.4 Å². The highest BCUT2D eigenvalue weighted by molar-refractivity contribution is 5.32. The number of ether oxygens (including phenoxy) is 5. The number of rotatable bonds is 1. The summed E-state index contributed by atoms with van der Waals surface area (Å²) in [5.41, 5.74) is 0.970. The Morgan fingerprint density at radius 2 is 1.15 bits per heavy atom. The zero-order valence-electron chi connectivity index (χ0n) is 15.9. The van der Waals surface area contributed by atoms with Gasteiger partial charge in [0.1, 0.15) is 0 Å². The zero-order valence-corrected chi connectivity index (χ0v) is 15.9. The van der Waals surface area contributed by atoms with E-state index in [0.29, 0.717) is 72.6 Å². The number of pyridine rings is 1. The van der Waals surface area contributed by atoms with Crippen LogP contribution in [-0.4, -0.2) is 95.6 Å². The molecular formula is C20H30N2O5. The van der Waals surface area contributed by atoms with Gasteiger partial charge >= 0.3 is 0 Å². The van der Waals surface area contributed by atoms with Crippen molar-refractivity contribution >= 4 is 0 Å². The third-order valence-electron chi connectivity index (χ3n) is 3.81. The average molecular weight is 378 g/mol. The van der Waals surface area contributed by atoms with Gasteiger partial charge in [0.05, 0.1) is 72.6 Å². The first-order chi connectivity index (χ1) is 13.4. The molecule has 2 heterocycles. The Labute approximate surface area is 161 Å². The van der Waals surface area contributed by atoms with Gasteiger partial charge in [0.2, 0.25) is 0 Å². The molecule has 2 rings (SSSR count). The van der Waals surface area contributed by atoms with Gasteiger partial charge < -0.3 is 23.7 Å². The van der Waals surface area contributed by atoms with Crippen molar-refractivity contribution in [2.24, 2.45) is 0 Å². The van der Waals surface area contributed by atoms with Gasteiger partial charge in [0.15, 0.2) is 0 Å². The Morgan fingerprint density at radius 3 is 1.63 bits per heavy atom. The average Bonchev–Trinajstić information content (AvgIpc) is 2.70. The highest BCUT2D eigenvalue weighted by atomic mass is 16.6. The van der Waals surface area contributed by atoms with Crippen LogP contribution < -0.4 is 0 Å². The van der Waals surface area contributed by atoms with Gasteiger partial charge in [-0.05, 0) is 12.1 Å². The minimum atomic E-state index is 0.573. The maximum Gasteiger partial charge on any atom is 0.0701 e. The third-order valence-corrected chi connectivity index (χ3v) is 3.81. The predicted octanol–water partition coefficient (Wildman–Crippen LogP) is 0.832. The van der Waals surface area contributed by atoms with E-state index in [0.717, 1.165) is 18.7 Å². The Balaban J connectivity index is 1.74. The number of aromatic nitrogens is 1. The summed E-state index contributed by atoms with van der Waals surface area (Å²) in [5, 5.41) is 0. The van der Waals surface area contributed by atoms with Crippen LogP contribution in [0, 0.1) is 11.8 Å². The Hall–Kier alpha value is -1.53. The summed E-state index contributed by atoms with van der Waals surface area (Å²) < 4.78 is 27.6. The normalized spacial score (nSPS) is 20.0. The molecular weight excluding hydrogens is 348 g/mol. The molecule has 7 heteroatoms. The lowest BCUT2D eigenvalue weighted by molar-refractivity contribution is -0.0178. The van der Waals surface area contributed by atoms with E-state index in [-0.39, 0.29) is 0 Å². The van der Waals surface area contributed by atoms with Crippen LogP contribution in [0.1, 0.15) is 5.56 Å². The van der Waals surface area contributed by atoms with Crippen molar-refractivity contribution in [3.8, 4) is 11.8 Å². The SMILES string of the molecule is C(#Cc1ccncc1)CN1CCOCCOCCOCCOCCOCC1. The van der Waals surface area contributed by atoms with E-state index in [1.165, 1.54) is 0 Å². The van der Waals surface area contributed by atoms with E-state index >= 15 is 0 Å². The first-order valence-electron chi connectivity index (χ1n) is 9.45. The van der Waals surface area contributed by atoms with Crippen molar-refractivity contribution in [3.05, 3.63) is 30.1 Å². The fourth-order valence-corrected chi connectivity index (χ4v) is 2.33. The molecule has 0 unspecified atom stereocenters. The van der Waals surface area contributed by atoms with Gasteiger partial charge in [-0.2, -0.15) is 0 Å². The summed E-state index contributed by atoms with van der Waals surface area (Å²) in [4.78, 5) is 6.23. The fraction of sp³-hybridized carbons (Fsp3) is 0.650. The van der Waals surface area contributed by atoms with Gasteiger partial charge in [0, 0.05) is 31.0 Å². The van der Waals surface area contributed by atoms with Crippen molar-refractivity contribution in [2.45, 2.75) is 0 Å². The van der Waals surface area contributed by atoms with Gasteiger partial charge in [0.25, 0.3) is 0 Å². The quantitative estimate of drug-likeness (QED) is 0.671. The highest BCUT2D eigenvalue weighted by Crippen LogP contribution is 1.94. The summed E-state index contributed by atoms with van der Waals surface area (Å²) in [6, 6.07) is 3.81. The minimum absolute atomic E-state index is 0.573. The topological polar surface area (TPSA) is 62.3 Å². The molecule has 150 valence electrons. The Kier molecular flexibility index (Phi) is 12.5. The van der Waals surface area contributed by atoms with Crippen LogP contribution >= 0.6 is 0 Å². The van der Waals surface area contributed by atoms with Crippen molar-refractivity contribution in [1.82, 2.24) is 9.88 Å². The first kappa shape index (κ1) is 21.8. The molecule has 0 bridgehead atoms. The van der Waals surface area contributed by atoms with Crippen LogP contribution in [0.4, 0.5) is 0 Å². The van der Waals surface area contributed by atoms with Crippen LogP contribution in [-0.2, 0) is 23.7 Å². The molecule has 0 atom stereocenters. The molecule has 0 spiro atoms. The summed E-state index contributed by atoms with van der Waals surface area (Å²) in [6.07, 6.45) is 3.50. The third kappa shape index (κ3) is 11.7. The molecule has 27 heavy (non-hydrogen) atoms. The van der Waals surface area contributed by atoms with Gasteiger partial charge in [-0.25, -0.2) is 0 Å². The lowest BCUT2D eigenvalue weighted by Crippen LogP contribution is -2.32. The minimum Gasteiger partial charge on any atom is -0.378 e. The summed E-state index contributed by atoms with van der Waals surface area (Å²) in [7, 11) is 0. The molecule has 1 fully saturated rings. The maximum absolute atomic E-state index is 5.65. The molecule has 0 saturated carbocycles. The van der Waals surface area contributed by atoms with Crippen LogP contribution in [0.2, 0.25) is 0 Å². The monoisotopic (exact) mass is 378 g/mol. The van der Waals surface area contributed by atoms with Crippen molar-refractivity contribution in [2.75, 3.05) is 85.7 Å². The smallest absolute Gasteiger partial charge is 0.0701 e. The number of nitrogens with zero attached hydrogens (tertiary/aromatic N) is 2. The molecule has 1 aliphatic rings. The second-order valence-corrected chi connectivity index (χ2v) is 5.88. The summed E-state index contributed by atoms with van der Waals surface area (Å²) in [5.74, 6) is 6.37. The molecule has 1 aromatic rings. The molecule has 1 aliphatic heterocycles. The molecule has 7 nitrogen and oxygen atoms in total. The lowest BCUT2D eigenvalue weighted by Gasteiger charge is -2.20. The highest BCUT2D eigenvalue weighted by Gasteiger charge is 2.04. The molecule has 1 aromatic heterocycles. The van der Waals surface area contributed by atoms with Crippen LogP contribution in [0.5, 0.6) is 0 Å². The number of hydrogen-bond donors (Lipinski definition) is 0. The second-order valence-electron chi connectivity index (χ2n) is 5.88. The second kappa shape index (κ2) is 15.5. The predicted molar refractivity (Wildman–Crippen MR) is 102 cm³/mol. The van der Waals surface area contributed by atoms with Gasteiger partial charge in [-0.15, -0.1) is 0 Å². The molecule has 0 amide bonds. The van der Waals surface area contributed by atoms with Crippen molar-refractivity contribution < 1.29 is 23.7 Å². The molecule has 0 N–H and O–H groups in total. The maximum atomic E-state index is 5.65. The summed E-state index contributed by atoms with van der Waals surface area (Å²) in [6.45, 7) is 8.14. The lowest BCUT2D eigenvalue weighted by atomic mass is 10.3. The van der Waals surface area contributed by atoms with Gasteiger partial charge in [-0.3, -0.25) is 9.88 Å². The van der Waals surface area contributed by atoms with Crippen LogP contribution in [0.15, 0.2) is 24.5 Å². The van der Waals surface area contributed by atoms with E-state index < -0.39 is 0 Å². The molecule has 0 radical (unpaired) electrons. The van der Waals surface area contributed by atoms with Crippen molar-refractivity contribution in [1.29, 1.82) is 0 Å². The Morgan fingerprint density at radius 1 is 0.704 bits per heavy atom. The van der Waals surface area contributed by atoms with E-state index in [1.807, 2.05) is 12.1 Å². The fourth-order valence-electron chi connectivity index (χ4n) is 2.33. The molecule has 1 saturated heterocycles. The van der Waals surface area contributed by atoms with E-state index in [9.17, 15) is 0 Å². The molecule has 0 aliphatic carbocycles.